The lowest BCUT2D eigenvalue weighted by atomic mass is 9.88. The molecular formula is C10H20N2O. The maximum absolute atomic E-state index is 5.25. The number of nitrogens with zero attached hydrogens (tertiary/aromatic N) is 1. The van der Waals surface area contributed by atoms with Gasteiger partial charge in [-0.1, -0.05) is 0 Å². The average molecular weight is 184 g/mol. The van der Waals surface area contributed by atoms with E-state index in [1.807, 2.05) is 7.11 Å². The van der Waals surface area contributed by atoms with E-state index in [4.69, 9.17) is 4.74 Å². The molecule has 1 atom stereocenters. The molecular weight excluding hydrogens is 164 g/mol. The lowest BCUT2D eigenvalue weighted by Gasteiger charge is -2.36. The molecule has 1 saturated heterocycles. The van der Waals surface area contributed by atoms with Crippen molar-refractivity contribution >= 4 is 0 Å². The fourth-order valence-corrected chi connectivity index (χ4v) is 2.30. The molecule has 3 heteroatoms. The zero-order chi connectivity index (χ0) is 9.26. The number of hydrogen-bond donors (Lipinski definition) is 1. The van der Waals surface area contributed by atoms with Crippen LogP contribution in [0.3, 0.4) is 0 Å². The molecule has 1 aliphatic carbocycles. The first-order valence-corrected chi connectivity index (χ1v) is 5.25. The van der Waals surface area contributed by atoms with Crippen LogP contribution in [0, 0.1) is 0 Å². The summed E-state index contributed by atoms with van der Waals surface area (Å²) in [6.07, 6.45) is 4.24. The third kappa shape index (κ3) is 2.22. The second kappa shape index (κ2) is 3.95. The Hall–Kier alpha value is -0.120. The Balaban J connectivity index is 1.64. The molecule has 0 amide bonds. The first-order chi connectivity index (χ1) is 6.28. The number of hydrogen-bond acceptors (Lipinski definition) is 3. The first-order valence-electron chi connectivity index (χ1n) is 5.25. The van der Waals surface area contributed by atoms with Crippen molar-refractivity contribution in [3.8, 4) is 0 Å². The van der Waals surface area contributed by atoms with E-state index in [9.17, 15) is 0 Å². The summed E-state index contributed by atoms with van der Waals surface area (Å²) in [5, 5.41) is 3.69. The van der Waals surface area contributed by atoms with Crippen LogP contribution >= 0.6 is 0 Å². The van der Waals surface area contributed by atoms with Crippen LogP contribution in [0.25, 0.3) is 0 Å². The molecule has 0 spiro atoms. The van der Waals surface area contributed by atoms with Crippen molar-refractivity contribution in [2.24, 2.45) is 0 Å². The smallest absolute Gasteiger partial charge is 0.0601 e. The number of likely N-dealkylation sites (tertiary alicyclic amines) is 1. The molecule has 1 heterocycles. The summed E-state index contributed by atoms with van der Waals surface area (Å²) in [6, 6.07) is 1.45. The normalized spacial score (nSPS) is 40.6. The van der Waals surface area contributed by atoms with Gasteiger partial charge in [0.15, 0.2) is 0 Å². The van der Waals surface area contributed by atoms with Gasteiger partial charge in [-0.05, 0) is 32.9 Å². The van der Waals surface area contributed by atoms with E-state index >= 15 is 0 Å². The van der Waals surface area contributed by atoms with E-state index in [2.05, 4.69) is 17.3 Å². The molecule has 1 N–H and O–H groups in total. The molecule has 76 valence electrons. The van der Waals surface area contributed by atoms with Crippen LogP contribution in [0.15, 0.2) is 0 Å². The van der Waals surface area contributed by atoms with Gasteiger partial charge in [0.2, 0.25) is 0 Å². The third-order valence-corrected chi connectivity index (χ3v) is 3.29. The van der Waals surface area contributed by atoms with Gasteiger partial charge >= 0.3 is 0 Å². The fraction of sp³-hybridized carbons (Fsp3) is 1.00. The molecule has 0 bridgehead atoms. The van der Waals surface area contributed by atoms with E-state index < -0.39 is 0 Å². The lowest BCUT2D eigenvalue weighted by Crippen LogP contribution is -2.49. The Morgan fingerprint density at radius 2 is 2.08 bits per heavy atom. The first kappa shape index (κ1) is 9.44. The van der Waals surface area contributed by atoms with Crippen molar-refractivity contribution in [1.82, 2.24) is 10.2 Å². The molecule has 3 nitrogen and oxygen atoms in total. The predicted molar refractivity (Wildman–Crippen MR) is 52.9 cm³/mol. The Labute approximate surface area is 80.4 Å². The van der Waals surface area contributed by atoms with Gasteiger partial charge in [-0.15, -0.1) is 0 Å². The minimum Gasteiger partial charge on any atom is -0.381 e. The molecule has 1 aliphatic heterocycles. The minimum absolute atomic E-state index is 0.525. The number of methoxy groups -OCH3 is 1. The van der Waals surface area contributed by atoms with Crippen molar-refractivity contribution in [3.63, 3.8) is 0 Å². The lowest BCUT2D eigenvalue weighted by molar-refractivity contribution is 0.0146. The van der Waals surface area contributed by atoms with E-state index in [1.165, 1.54) is 32.4 Å². The Kier molecular flexibility index (Phi) is 2.86. The molecule has 1 saturated carbocycles. The Morgan fingerprint density at radius 1 is 1.31 bits per heavy atom. The van der Waals surface area contributed by atoms with E-state index in [0.717, 1.165) is 12.1 Å². The van der Waals surface area contributed by atoms with Crippen LogP contribution in [0.1, 0.15) is 19.3 Å². The standard InChI is InChI=1S/C10H20N2O/c1-12-4-3-8(7-12)11-9-5-10(6-9)13-2/h8-11H,3-7H2,1-2H3/t8-,9-,10+/m1/s1. The summed E-state index contributed by atoms with van der Waals surface area (Å²) in [4.78, 5) is 2.39. The summed E-state index contributed by atoms with van der Waals surface area (Å²) < 4.78 is 5.25. The SMILES string of the molecule is CO[C@H]1C[C@@H](N[C@@H]2CCN(C)C2)C1. The van der Waals surface area contributed by atoms with Crippen molar-refractivity contribution in [2.75, 3.05) is 27.2 Å². The highest BCUT2D eigenvalue weighted by molar-refractivity contribution is 4.90. The molecule has 0 aromatic carbocycles. The molecule has 0 aromatic rings. The predicted octanol–water partition coefficient (Wildman–Crippen LogP) is 0.457. The van der Waals surface area contributed by atoms with Gasteiger partial charge in [0, 0.05) is 25.7 Å². The number of rotatable bonds is 3. The molecule has 2 aliphatic rings. The Morgan fingerprint density at radius 3 is 2.62 bits per heavy atom. The fourth-order valence-electron chi connectivity index (χ4n) is 2.30. The second-order valence-electron chi connectivity index (χ2n) is 4.44. The summed E-state index contributed by atoms with van der Waals surface area (Å²) in [5.74, 6) is 0. The van der Waals surface area contributed by atoms with Gasteiger partial charge in [-0.2, -0.15) is 0 Å². The second-order valence-corrected chi connectivity index (χ2v) is 4.44. The maximum Gasteiger partial charge on any atom is 0.0601 e. The Bertz CT molecular complexity index is 168. The minimum atomic E-state index is 0.525. The van der Waals surface area contributed by atoms with Crippen LogP contribution < -0.4 is 5.32 Å². The third-order valence-electron chi connectivity index (χ3n) is 3.29. The van der Waals surface area contributed by atoms with Crippen molar-refractivity contribution in [3.05, 3.63) is 0 Å². The van der Waals surface area contributed by atoms with Crippen LogP contribution in [-0.4, -0.2) is 50.3 Å². The summed E-state index contributed by atoms with van der Waals surface area (Å²) >= 11 is 0. The van der Waals surface area contributed by atoms with Gasteiger partial charge in [0.05, 0.1) is 6.10 Å². The van der Waals surface area contributed by atoms with Crippen LogP contribution in [0.5, 0.6) is 0 Å². The zero-order valence-electron chi connectivity index (χ0n) is 8.62. The number of ether oxygens (including phenoxy) is 1. The average Bonchev–Trinajstić information content (AvgIpc) is 2.43. The highest BCUT2D eigenvalue weighted by atomic mass is 16.5. The molecule has 2 rings (SSSR count). The van der Waals surface area contributed by atoms with Gasteiger partial charge in [-0.3, -0.25) is 0 Å². The highest BCUT2D eigenvalue weighted by Crippen LogP contribution is 2.23. The van der Waals surface area contributed by atoms with Gasteiger partial charge in [-0.25, -0.2) is 0 Å². The molecule has 13 heavy (non-hydrogen) atoms. The molecule has 0 radical (unpaired) electrons. The van der Waals surface area contributed by atoms with E-state index in [0.29, 0.717) is 6.10 Å². The van der Waals surface area contributed by atoms with E-state index in [-0.39, 0.29) is 0 Å². The maximum atomic E-state index is 5.25. The highest BCUT2D eigenvalue weighted by Gasteiger charge is 2.31. The van der Waals surface area contributed by atoms with Gasteiger partial charge in [0.1, 0.15) is 0 Å². The zero-order valence-corrected chi connectivity index (χ0v) is 8.62. The van der Waals surface area contributed by atoms with Crippen molar-refractivity contribution in [2.45, 2.75) is 37.5 Å². The molecule has 0 unspecified atom stereocenters. The topological polar surface area (TPSA) is 24.5 Å². The molecule has 2 fully saturated rings. The summed E-state index contributed by atoms with van der Waals surface area (Å²) in [5.41, 5.74) is 0. The number of nitrogens with one attached hydrogen (secondary N) is 1. The van der Waals surface area contributed by atoms with Crippen LogP contribution in [0.2, 0.25) is 0 Å². The molecule has 0 aromatic heterocycles. The van der Waals surface area contributed by atoms with Crippen molar-refractivity contribution in [1.29, 1.82) is 0 Å². The summed E-state index contributed by atoms with van der Waals surface area (Å²) in [6.45, 7) is 2.46. The summed E-state index contributed by atoms with van der Waals surface area (Å²) in [7, 11) is 4.00. The monoisotopic (exact) mass is 184 g/mol. The van der Waals surface area contributed by atoms with Crippen LogP contribution in [-0.2, 0) is 4.74 Å². The number of likely N-dealkylation sites (N-methyl/N-ethyl adjacent to an activating group) is 1. The van der Waals surface area contributed by atoms with Crippen LogP contribution in [0.4, 0.5) is 0 Å². The van der Waals surface area contributed by atoms with Gasteiger partial charge < -0.3 is 15.0 Å². The quantitative estimate of drug-likeness (QED) is 0.689. The van der Waals surface area contributed by atoms with E-state index in [1.54, 1.807) is 0 Å². The van der Waals surface area contributed by atoms with Crippen molar-refractivity contribution < 1.29 is 4.74 Å². The van der Waals surface area contributed by atoms with Gasteiger partial charge in [0.25, 0.3) is 0 Å². The largest absolute Gasteiger partial charge is 0.381 e.